The Labute approximate surface area is 110 Å². The number of esters is 1. The highest BCUT2D eigenvalue weighted by Crippen LogP contribution is 2.20. The van der Waals surface area contributed by atoms with E-state index < -0.39 is 5.97 Å². The molecule has 1 fully saturated rings. The van der Waals surface area contributed by atoms with Gasteiger partial charge < -0.3 is 15.4 Å². The van der Waals surface area contributed by atoms with Crippen molar-refractivity contribution in [1.82, 2.24) is 9.97 Å². The molecule has 1 saturated heterocycles. The Hall–Kier alpha value is -2.18. The van der Waals surface area contributed by atoms with E-state index >= 15 is 0 Å². The Kier molecular flexibility index (Phi) is 3.94. The van der Waals surface area contributed by atoms with Crippen molar-refractivity contribution in [1.29, 1.82) is 0 Å². The summed E-state index contributed by atoms with van der Waals surface area (Å²) in [5.41, 5.74) is 5.49. The normalized spacial score (nSPS) is 19.0. The Balaban J connectivity index is 2.09. The second kappa shape index (κ2) is 5.64. The fourth-order valence-electron chi connectivity index (χ4n) is 2.11. The van der Waals surface area contributed by atoms with Crippen LogP contribution in [0.5, 0.6) is 0 Å². The Bertz CT molecular complexity index is 474. The Morgan fingerprint density at radius 2 is 2.21 bits per heavy atom. The molecule has 1 atom stereocenters. The molecule has 102 valence electrons. The molecular weight excluding hydrogens is 248 g/mol. The van der Waals surface area contributed by atoms with E-state index in [0.717, 1.165) is 19.4 Å². The van der Waals surface area contributed by atoms with Gasteiger partial charge in [-0.15, -0.1) is 0 Å². The van der Waals surface area contributed by atoms with Crippen LogP contribution >= 0.6 is 0 Å². The molecule has 1 aliphatic rings. The molecule has 1 aromatic rings. The van der Waals surface area contributed by atoms with Crippen molar-refractivity contribution < 1.29 is 14.3 Å². The van der Waals surface area contributed by atoms with E-state index in [9.17, 15) is 9.59 Å². The van der Waals surface area contributed by atoms with Gasteiger partial charge in [-0.1, -0.05) is 0 Å². The molecule has 0 spiro atoms. The van der Waals surface area contributed by atoms with Gasteiger partial charge in [0, 0.05) is 13.1 Å². The number of aromatic nitrogens is 2. The summed E-state index contributed by atoms with van der Waals surface area (Å²) in [7, 11) is 1.29. The monoisotopic (exact) mass is 264 g/mol. The van der Waals surface area contributed by atoms with Crippen LogP contribution in [0.2, 0.25) is 0 Å². The van der Waals surface area contributed by atoms with E-state index in [0.29, 0.717) is 12.4 Å². The fourth-order valence-corrected chi connectivity index (χ4v) is 2.11. The summed E-state index contributed by atoms with van der Waals surface area (Å²) < 4.78 is 4.55. The maximum absolute atomic E-state index is 11.2. The van der Waals surface area contributed by atoms with Crippen molar-refractivity contribution >= 4 is 17.7 Å². The highest BCUT2D eigenvalue weighted by molar-refractivity contribution is 5.86. The van der Waals surface area contributed by atoms with Crippen LogP contribution in [0.4, 0.5) is 5.82 Å². The lowest BCUT2D eigenvalue weighted by atomic mass is 9.98. The second-order valence-electron chi connectivity index (χ2n) is 4.44. The molecule has 0 saturated carbocycles. The molecule has 0 aliphatic carbocycles. The molecule has 1 aromatic heterocycles. The molecule has 1 aliphatic heterocycles. The van der Waals surface area contributed by atoms with Gasteiger partial charge in [0.2, 0.25) is 5.91 Å². The van der Waals surface area contributed by atoms with Crippen LogP contribution in [0.15, 0.2) is 12.4 Å². The third-order valence-electron chi connectivity index (χ3n) is 3.18. The summed E-state index contributed by atoms with van der Waals surface area (Å²) in [6, 6.07) is 0. The molecule has 19 heavy (non-hydrogen) atoms. The molecule has 2 N–H and O–H groups in total. The van der Waals surface area contributed by atoms with E-state index in [2.05, 4.69) is 14.7 Å². The first-order chi connectivity index (χ1) is 9.11. The smallest absolute Gasteiger partial charge is 0.358 e. The van der Waals surface area contributed by atoms with Crippen molar-refractivity contribution in [2.45, 2.75) is 12.8 Å². The Morgan fingerprint density at radius 1 is 1.42 bits per heavy atom. The summed E-state index contributed by atoms with van der Waals surface area (Å²) in [4.78, 5) is 32.6. The SMILES string of the molecule is COC(=O)c1cnc(N2CCCC(C(N)=O)C2)cn1. The zero-order chi connectivity index (χ0) is 13.8. The number of primary amides is 1. The van der Waals surface area contributed by atoms with Gasteiger partial charge in [-0.25, -0.2) is 14.8 Å². The van der Waals surface area contributed by atoms with E-state index in [-0.39, 0.29) is 17.5 Å². The summed E-state index contributed by atoms with van der Waals surface area (Å²) in [6.07, 6.45) is 4.57. The number of ether oxygens (including phenoxy) is 1. The van der Waals surface area contributed by atoms with E-state index in [4.69, 9.17) is 5.73 Å². The Morgan fingerprint density at radius 3 is 2.79 bits per heavy atom. The zero-order valence-electron chi connectivity index (χ0n) is 10.7. The van der Waals surface area contributed by atoms with Gasteiger partial charge in [0.25, 0.3) is 0 Å². The molecule has 0 radical (unpaired) electrons. The molecule has 1 unspecified atom stereocenters. The lowest BCUT2D eigenvalue weighted by molar-refractivity contribution is -0.122. The summed E-state index contributed by atoms with van der Waals surface area (Å²) in [5, 5.41) is 0. The molecule has 0 bridgehead atoms. The van der Waals surface area contributed by atoms with Crippen molar-refractivity contribution in [2.75, 3.05) is 25.1 Å². The standard InChI is InChI=1S/C12H16N4O3/c1-19-12(18)9-5-15-10(6-14-9)16-4-2-3-8(7-16)11(13)17/h5-6,8H,2-4,7H2,1H3,(H2,13,17). The maximum atomic E-state index is 11.2. The molecule has 2 rings (SSSR count). The van der Waals surface area contributed by atoms with E-state index in [1.54, 1.807) is 0 Å². The van der Waals surface area contributed by atoms with Crippen LogP contribution in [-0.2, 0) is 9.53 Å². The number of carbonyl (C=O) groups excluding carboxylic acids is 2. The number of hydrogen-bond donors (Lipinski definition) is 1. The highest BCUT2D eigenvalue weighted by Gasteiger charge is 2.25. The molecule has 0 aromatic carbocycles. The van der Waals surface area contributed by atoms with Crippen molar-refractivity contribution in [3.63, 3.8) is 0 Å². The van der Waals surface area contributed by atoms with Gasteiger partial charge in [-0.05, 0) is 12.8 Å². The third-order valence-corrected chi connectivity index (χ3v) is 3.18. The minimum atomic E-state index is -0.521. The van der Waals surface area contributed by atoms with Crippen LogP contribution in [0, 0.1) is 5.92 Å². The van der Waals surface area contributed by atoms with Gasteiger partial charge in [-0.2, -0.15) is 0 Å². The highest BCUT2D eigenvalue weighted by atomic mass is 16.5. The lowest BCUT2D eigenvalue weighted by Crippen LogP contribution is -2.41. The minimum Gasteiger partial charge on any atom is -0.464 e. The maximum Gasteiger partial charge on any atom is 0.358 e. The van der Waals surface area contributed by atoms with Crippen LogP contribution < -0.4 is 10.6 Å². The number of methoxy groups -OCH3 is 1. The average molecular weight is 264 g/mol. The fraction of sp³-hybridized carbons (Fsp3) is 0.500. The molecule has 2 heterocycles. The number of rotatable bonds is 3. The van der Waals surface area contributed by atoms with Gasteiger partial charge in [0.15, 0.2) is 5.69 Å². The summed E-state index contributed by atoms with van der Waals surface area (Å²) in [6.45, 7) is 1.34. The topological polar surface area (TPSA) is 98.4 Å². The predicted molar refractivity (Wildman–Crippen MR) is 67.5 cm³/mol. The van der Waals surface area contributed by atoms with Gasteiger partial charge in [0.05, 0.1) is 25.4 Å². The lowest BCUT2D eigenvalue weighted by Gasteiger charge is -2.31. The average Bonchev–Trinajstić information content (AvgIpc) is 2.46. The quantitative estimate of drug-likeness (QED) is 0.769. The number of nitrogens with two attached hydrogens (primary N) is 1. The zero-order valence-corrected chi connectivity index (χ0v) is 10.7. The summed E-state index contributed by atoms with van der Waals surface area (Å²) in [5.74, 6) is -0.328. The molecule has 1 amide bonds. The van der Waals surface area contributed by atoms with Crippen LogP contribution in [0.3, 0.4) is 0 Å². The first-order valence-corrected chi connectivity index (χ1v) is 6.06. The van der Waals surface area contributed by atoms with Crippen molar-refractivity contribution in [3.05, 3.63) is 18.1 Å². The molecular formula is C12H16N4O3. The number of carbonyl (C=O) groups is 2. The predicted octanol–water partition coefficient (Wildman–Crippen LogP) is -0.0351. The van der Waals surface area contributed by atoms with Gasteiger partial charge in [0.1, 0.15) is 5.82 Å². The van der Waals surface area contributed by atoms with Crippen LogP contribution in [0.25, 0.3) is 0 Å². The number of amides is 1. The summed E-state index contributed by atoms with van der Waals surface area (Å²) >= 11 is 0. The second-order valence-corrected chi connectivity index (χ2v) is 4.44. The number of piperidine rings is 1. The molecule has 7 nitrogen and oxygen atoms in total. The number of anilines is 1. The van der Waals surface area contributed by atoms with Gasteiger partial charge >= 0.3 is 5.97 Å². The van der Waals surface area contributed by atoms with Gasteiger partial charge in [-0.3, -0.25) is 4.79 Å². The third kappa shape index (κ3) is 2.98. The number of hydrogen-bond acceptors (Lipinski definition) is 6. The number of nitrogens with zero attached hydrogens (tertiary/aromatic N) is 3. The largest absolute Gasteiger partial charge is 0.464 e. The van der Waals surface area contributed by atoms with Crippen molar-refractivity contribution in [2.24, 2.45) is 11.7 Å². The molecule has 7 heteroatoms. The van der Waals surface area contributed by atoms with Crippen LogP contribution in [-0.4, -0.2) is 42.0 Å². The first kappa shape index (κ1) is 13.3. The van der Waals surface area contributed by atoms with Crippen molar-refractivity contribution in [3.8, 4) is 0 Å². The van der Waals surface area contributed by atoms with E-state index in [1.807, 2.05) is 4.90 Å². The minimum absolute atomic E-state index is 0.157. The first-order valence-electron chi connectivity index (χ1n) is 6.06. The van der Waals surface area contributed by atoms with E-state index in [1.165, 1.54) is 19.5 Å². The van der Waals surface area contributed by atoms with Crippen LogP contribution in [0.1, 0.15) is 23.3 Å².